The van der Waals surface area contributed by atoms with Gasteiger partial charge in [0.05, 0.1) is 11.0 Å². The average Bonchev–Trinajstić information content (AvgIpc) is 3.55. The maximum absolute atomic E-state index is 6.94. The summed E-state index contributed by atoms with van der Waals surface area (Å²) in [6.07, 6.45) is 0. The van der Waals surface area contributed by atoms with Crippen LogP contribution in [-0.2, 0) is 5.41 Å². The Kier molecular flexibility index (Phi) is 6.06. The van der Waals surface area contributed by atoms with Crippen molar-refractivity contribution >= 4 is 32.8 Å². The van der Waals surface area contributed by atoms with Crippen LogP contribution in [-0.4, -0.2) is 9.97 Å². The van der Waals surface area contributed by atoms with Crippen molar-refractivity contribution in [1.82, 2.24) is 9.97 Å². The fraction of sp³-hybridized carbons (Fsp3) is 0.0222. The van der Waals surface area contributed by atoms with Crippen LogP contribution in [0, 0.1) is 0 Å². The van der Waals surface area contributed by atoms with Gasteiger partial charge in [-0.1, -0.05) is 140 Å². The number of hydrogen-bond acceptors (Lipinski definition) is 4. The number of furan rings is 1. The Balaban J connectivity index is 1.29. The van der Waals surface area contributed by atoms with Crippen LogP contribution in [0.3, 0.4) is 0 Å². The average molecular weight is 629 g/mol. The molecule has 4 nitrogen and oxygen atoms in total. The molecule has 1 aliphatic heterocycles. The lowest BCUT2D eigenvalue weighted by atomic mass is 9.63. The SMILES string of the molecule is c1ccc(C2(c3ccccc3)c3ccccc3Oc3c(-c4nc(-c5ccc6ccccc6c5)c5oc6ccccc6c5n4)cccc32)cc1. The Morgan fingerprint density at radius 1 is 0.510 bits per heavy atom. The van der Waals surface area contributed by atoms with E-state index in [4.69, 9.17) is 19.1 Å². The van der Waals surface area contributed by atoms with Gasteiger partial charge >= 0.3 is 0 Å². The minimum atomic E-state index is -0.643. The molecule has 49 heavy (non-hydrogen) atoms. The third-order valence-corrected chi connectivity index (χ3v) is 9.82. The molecule has 0 aliphatic carbocycles. The van der Waals surface area contributed by atoms with Crippen molar-refractivity contribution in [2.45, 2.75) is 5.41 Å². The zero-order valence-electron chi connectivity index (χ0n) is 26.4. The summed E-state index contributed by atoms with van der Waals surface area (Å²) in [4.78, 5) is 10.6. The number of ether oxygens (including phenoxy) is 1. The summed E-state index contributed by atoms with van der Waals surface area (Å²) in [5.74, 6) is 2.12. The first-order chi connectivity index (χ1) is 24.3. The zero-order chi connectivity index (χ0) is 32.4. The van der Waals surface area contributed by atoms with Gasteiger partial charge in [-0.15, -0.1) is 0 Å². The first-order valence-corrected chi connectivity index (χ1v) is 16.5. The van der Waals surface area contributed by atoms with Crippen LogP contribution in [0.1, 0.15) is 22.3 Å². The summed E-state index contributed by atoms with van der Waals surface area (Å²) < 4.78 is 13.4. The second-order valence-corrected chi connectivity index (χ2v) is 12.5. The van der Waals surface area contributed by atoms with Crippen LogP contribution in [0.4, 0.5) is 0 Å². The normalized spacial score (nSPS) is 13.2. The van der Waals surface area contributed by atoms with Gasteiger partial charge in [0.25, 0.3) is 0 Å². The summed E-state index contributed by atoms with van der Waals surface area (Å²) in [6.45, 7) is 0. The van der Waals surface area contributed by atoms with Crippen LogP contribution >= 0.6 is 0 Å². The molecule has 7 aromatic carbocycles. The number of para-hydroxylation sites is 3. The van der Waals surface area contributed by atoms with E-state index < -0.39 is 5.41 Å². The molecule has 3 heterocycles. The van der Waals surface area contributed by atoms with Crippen molar-refractivity contribution < 1.29 is 9.15 Å². The number of rotatable bonds is 4. The Hall–Kier alpha value is -6.52. The molecular weight excluding hydrogens is 601 g/mol. The molecule has 0 unspecified atom stereocenters. The molecular formula is C45H28N2O2. The Morgan fingerprint density at radius 2 is 1.18 bits per heavy atom. The van der Waals surface area contributed by atoms with Crippen molar-refractivity contribution in [3.63, 3.8) is 0 Å². The van der Waals surface area contributed by atoms with E-state index in [1.165, 1.54) is 5.39 Å². The summed E-state index contributed by atoms with van der Waals surface area (Å²) in [7, 11) is 0. The quantitative estimate of drug-likeness (QED) is 0.195. The largest absolute Gasteiger partial charge is 0.456 e. The molecule has 9 aromatic rings. The van der Waals surface area contributed by atoms with Crippen LogP contribution < -0.4 is 4.74 Å². The molecule has 4 heteroatoms. The van der Waals surface area contributed by atoms with Gasteiger partial charge in [0.15, 0.2) is 11.4 Å². The van der Waals surface area contributed by atoms with E-state index in [-0.39, 0.29) is 0 Å². The smallest absolute Gasteiger partial charge is 0.180 e. The molecule has 0 bridgehead atoms. The van der Waals surface area contributed by atoms with Crippen LogP contribution in [0.2, 0.25) is 0 Å². The number of benzene rings is 7. The first-order valence-electron chi connectivity index (χ1n) is 16.5. The molecule has 0 saturated heterocycles. The van der Waals surface area contributed by atoms with Gasteiger partial charge in [0, 0.05) is 22.1 Å². The molecule has 2 aromatic heterocycles. The zero-order valence-corrected chi connectivity index (χ0v) is 26.4. The third-order valence-electron chi connectivity index (χ3n) is 9.82. The minimum Gasteiger partial charge on any atom is -0.456 e. The maximum Gasteiger partial charge on any atom is 0.180 e. The van der Waals surface area contributed by atoms with Crippen molar-refractivity contribution in [2.75, 3.05) is 0 Å². The molecule has 0 fully saturated rings. The lowest BCUT2D eigenvalue weighted by Crippen LogP contribution is -2.34. The van der Waals surface area contributed by atoms with Crippen molar-refractivity contribution in [2.24, 2.45) is 0 Å². The lowest BCUT2D eigenvalue weighted by molar-refractivity contribution is 0.436. The van der Waals surface area contributed by atoms with Gasteiger partial charge in [-0.3, -0.25) is 0 Å². The molecule has 0 spiro atoms. The van der Waals surface area contributed by atoms with Crippen molar-refractivity contribution in [1.29, 1.82) is 0 Å². The standard InChI is InChI=1S/C45H28N2O2/c1-3-16-32(17-4-1)45(33-18-5-2-6-19-33)36-22-10-12-25-39(36)49-42-35(21-13-23-37(42)45)44-46-40(31-27-26-29-14-7-8-15-30(29)28-31)43-41(47-44)34-20-9-11-24-38(34)48-43/h1-28H. The molecule has 0 radical (unpaired) electrons. The Bertz CT molecular complexity index is 2660. The fourth-order valence-electron chi connectivity index (χ4n) is 7.65. The predicted molar refractivity (Wildman–Crippen MR) is 196 cm³/mol. The van der Waals surface area contributed by atoms with E-state index >= 15 is 0 Å². The Labute approximate surface area is 282 Å². The first kappa shape index (κ1) is 27.6. The van der Waals surface area contributed by atoms with E-state index in [2.05, 4.69) is 146 Å². The van der Waals surface area contributed by atoms with E-state index in [0.29, 0.717) is 11.4 Å². The molecule has 0 amide bonds. The Morgan fingerprint density at radius 3 is 2.00 bits per heavy atom. The van der Waals surface area contributed by atoms with Gasteiger partial charge in [0.2, 0.25) is 0 Å². The van der Waals surface area contributed by atoms with E-state index in [9.17, 15) is 0 Å². The monoisotopic (exact) mass is 628 g/mol. The molecule has 0 N–H and O–H groups in total. The highest BCUT2D eigenvalue weighted by molar-refractivity contribution is 6.07. The minimum absolute atomic E-state index is 0.577. The summed E-state index contributed by atoms with van der Waals surface area (Å²) in [6, 6.07) is 59.0. The van der Waals surface area contributed by atoms with Gasteiger partial charge in [0.1, 0.15) is 28.3 Å². The summed E-state index contributed by atoms with van der Waals surface area (Å²) in [5, 5.41) is 3.25. The molecule has 10 rings (SSSR count). The van der Waals surface area contributed by atoms with Gasteiger partial charge in [-0.2, -0.15) is 0 Å². The second-order valence-electron chi connectivity index (χ2n) is 12.5. The lowest BCUT2D eigenvalue weighted by Gasteiger charge is -2.42. The highest BCUT2D eigenvalue weighted by Crippen LogP contribution is 2.57. The third kappa shape index (κ3) is 4.11. The summed E-state index contributed by atoms with van der Waals surface area (Å²) >= 11 is 0. The second kappa shape index (κ2) is 10.8. The topological polar surface area (TPSA) is 48.2 Å². The number of nitrogens with zero attached hydrogens (tertiary/aromatic N) is 2. The van der Waals surface area contributed by atoms with Crippen LogP contribution in [0.25, 0.3) is 55.5 Å². The highest BCUT2D eigenvalue weighted by atomic mass is 16.5. The van der Waals surface area contributed by atoms with Crippen molar-refractivity contribution in [3.05, 3.63) is 192 Å². The van der Waals surface area contributed by atoms with E-state index in [1.807, 2.05) is 24.3 Å². The maximum atomic E-state index is 6.94. The molecule has 1 aliphatic rings. The molecule has 230 valence electrons. The van der Waals surface area contributed by atoms with E-state index in [1.54, 1.807) is 0 Å². The predicted octanol–water partition coefficient (Wildman–Crippen LogP) is 11.4. The van der Waals surface area contributed by atoms with Crippen LogP contribution in [0.15, 0.2) is 174 Å². The van der Waals surface area contributed by atoms with Gasteiger partial charge in [-0.25, -0.2) is 9.97 Å². The summed E-state index contributed by atoms with van der Waals surface area (Å²) in [5.41, 5.74) is 8.54. The number of aromatic nitrogens is 2. The van der Waals surface area contributed by atoms with Crippen LogP contribution in [0.5, 0.6) is 11.5 Å². The fourth-order valence-corrected chi connectivity index (χ4v) is 7.65. The number of hydrogen-bond donors (Lipinski definition) is 0. The van der Waals surface area contributed by atoms with Gasteiger partial charge < -0.3 is 9.15 Å². The molecule has 0 saturated carbocycles. The van der Waals surface area contributed by atoms with Gasteiger partial charge in [-0.05, 0) is 52.2 Å². The highest BCUT2D eigenvalue weighted by Gasteiger charge is 2.46. The number of fused-ring (bicyclic) bond motifs is 6. The van der Waals surface area contributed by atoms with E-state index in [0.717, 1.165) is 72.4 Å². The van der Waals surface area contributed by atoms with Crippen molar-refractivity contribution in [3.8, 4) is 34.1 Å². The molecule has 0 atom stereocenters.